The van der Waals surface area contributed by atoms with E-state index in [-0.39, 0.29) is 11.4 Å². The molecule has 0 spiro atoms. The molecule has 0 aliphatic rings. The van der Waals surface area contributed by atoms with Gasteiger partial charge < -0.3 is 5.73 Å². The first kappa shape index (κ1) is 18.1. The molecule has 0 amide bonds. The highest BCUT2D eigenvalue weighted by Gasteiger charge is 2.19. The van der Waals surface area contributed by atoms with Gasteiger partial charge in [0.05, 0.1) is 5.84 Å². The zero-order chi connectivity index (χ0) is 18.8. The van der Waals surface area contributed by atoms with Crippen LogP contribution in [0, 0.1) is 12.3 Å². The fourth-order valence-corrected chi connectivity index (χ4v) is 3.42. The van der Waals surface area contributed by atoms with Crippen LogP contribution >= 0.6 is 11.6 Å². The van der Waals surface area contributed by atoms with Crippen LogP contribution in [0.5, 0.6) is 0 Å². The monoisotopic (exact) mass is 368 g/mol. The van der Waals surface area contributed by atoms with Crippen molar-refractivity contribution in [2.24, 2.45) is 5.73 Å². The number of hydrogen-bond acceptors (Lipinski definition) is 3. The Kier molecular flexibility index (Phi) is 5.09. The van der Waals surface area contributed by atoms with E-state index in [4.69, 9.17) is 22.7 Å². The molecule has 0 atom stereocenters. The summed E-state index contributed by atoms with van der Waals surface area (Å²) in [5.74, 6) is 0.0617. The lowest BCUT2D eigenvalue weighted by Gasteiger charge is -2.17. The predicted octanol–water partition coefficient (Wildman–Crippen LogP) is 3.91. The number of fused-ring (bicyclic) bond motifs is 1. The predicted molar refractivity (Wildman–Crippen MR) is 107 cm³/mol. The van der Waals surface area contributed by atoms with Crippen molar-refractivity contribution in [3.63, 3.8) is 0 Å². The molecule has 0 saturated carbocycles. The van der Waals surface area contributed by atoms with E-state index in [1.165, 1.54) is 0 Å². The Bertz CT molecular complexity index is 1060. The molecule has 0 bridgehead atoms. The van der Waals surface area contributed by atoms with Gasteiger partial charge in [-0.1, -0.05) is 23.7 Å². The standard InChI is InChI=1S/C20H21ClN4O/c1-3-25-19-15(8-7-12(2)24-19)18(13-5-4-6-14(21)11-13)16(20(25)26)9-10-17(22)23/h4-8,11H,3,9-10H2,1-2H3,(H3,22,23). The van der Waals surface area contributed by atoms with Gasteiger partial charge in [-0.2, -0.15) is 0 Å². The van der Waals surface area contributed by atoms with Crippen LogP contribution in [0.3, 0.4) is 0 Å². The summed E-state index contributed by atoms with van der Waals surface area (Å²) < 4.78 is 1.69. The van der Waals surface area contributed by atoms with Crippen LogP contribution in [0.1, 0.15) is 24.6 Å². The highest BCUT2D eigenvalue weighted by atomic mass is 35.5. The summed E-state index contributed by atoms with van der Waals surface area (Å²) >= 11 is 6.20. The van der Waals surface area contributed by atoms with Gasteiger partial charge in [-0.25, -0.2) is 4.98 Å². The first-order valence-electron chi connectivity index (χ1n) is 8.54. The Morgan fingerprint density at radius 2 is 2.08 bits per heavy atom. The van der Waals surface area contributed by atoms with E-state index in [1.807, 2.05) is 44.2 Å². The third kappa shape index (κ3) is 3.35. The highest BCUT2D eigenvalue weighted by Crippen LogP contribution is 2.32. The Labute approximate surface area is 156 Å². The summed E-state index contributed by atoms with van der Waals surface area (Å²) in [7, 11) is 0. The number of halogens is 1. The summed E-state index contributed by atoms with van der Waals surface area (Å²) in [6.07, 6.45) is 0.733. The van der Waals surface area contributed by atoms with Crippen LogP contribution in [0.25, 0.3) is 22.2 Å². The van der Waals surface area contributed by atoms with Gasteiger partial charge in [-0.05, 0) is 50.1 Å². The quantitative estimate of drug-likeness (QED) is 0.528. The van der Waals surface area contributed by atoms with Crippen molar-refractivity contribution >= 4 is 28.5 Å². The van der Waals surface area contributed by atoms with E-state index in [0.29, 0.717) is 35.6 Å². The maximum Gasteiger partial charge on any atom is 0.256 e. The lowest BCUT2D eigenvalue weighted by molar-refractivity contribution is 0.736. The van der Waals surface area contributed by atoms with Crippen LogP contribution in [0.2, 0.25) is 5.02 Å². The normalized spacial score (nSPS) is 11.0. The molecule has 3 aromatic rings. The maximum atomic E-state index is 13.2. The molecule has 134 valence electrons. The minimum Gasteiger partial charge on any atom is -0.388 e. The number of pyridine rings is 2. The highest BCUT2D eigenvalue weighted by molar-refractivity contribution is 6.30. The fraction of sp³-hybridized carbons (Fsp3) is 0.250. The van der Waals surface area contributed by atoms with E-state index < -0.39 is 0 Å². The number of hydrogen-bond donors (Lipinski definition) is 2. The van der Waals surface area contributed by atoms with Crippen LogP contribution in [0.4, 0.5) is 0 Å². The van der Waals surface area contributed by atoms with E-state index in [1.54, 1.807) is 10.6 Å². The van der Waals surface area contributed by atoms with Gasteiger partial charge in [0.15, 0.2) is 0 Å². The number of nitrogens with two attached hydrogens (primary N) is 1. The molecular formula is C20H21ClN4O. The third-order valence-electron chi connectivity index (χ3n) is 4.42. The molecule has 3 rings (SSSR count). The summed E-state index contributed by atoms with van der Waals surface area (Å²) in [5, 5.41) is 9.05. The summed E-state index contributed by atoms with van der Waals surface area (Å²) in [4.78, 5) is 17.8. The van der Waals surface area contributed by atoms with Crippen LogP contribution in [-0.4, -0.2) is 15.4 Å². The van der Waals surface area contributed by atoms with Gasteiger partial charge in [0, 0.05) is 40.2 Å². The molecule has 0 radical (unpaired) electrons. The molecule has 3 N–H and O–H groups in total. The molecule has 0 aliphatic carbocycles. The second kappa shape index (κ2) is 7.30. The topological polar surface area (TPSA) is 84.8 Å². The average Bonchev–Trinajstić information content (AvgIpc) is 2.59. The molecule has 0 fully saturated rings. The second-order valence-electron chi connectivity index (χ2n) is 6.26. The Morgan fingerprint density at radius 1 is 1.31 bits per heavy atom. The van der Waals surface area contributed by atoms with Crippen molar-refractivity contribution in [3.8, 4) is 11.1 Å². The number of amidine groups is 1. The first-order chi connectivity index (χ1) is 12.4. The first-order valence-corrected chi connectivity index (χ1v) is 8.92. The zero-order valence-electron chi connectivity index (χ0n) is 14.8. The van der Waals surface area contributed by atoms with Gasteiger partial charge >= 0.3 is 0 Å². The number of nitrogens with one attached hydrogen (secondary N) is 1. The van der Waals surface area contributed by atoms with E-state index in [0.717, 1.165) is 22.2 Å². The van der Waals surface area contributed by atoms with Crippen LogP contribution in [-0.2, 0) is 13.0 Å². The summed E-state index contributed by atoms with van der Waals surface area (Å²) in [5.41, 5.74) is 9.31. The fourth-order valence-electron chi connectivity index (χ4n) is 3.23. The summed E-state index contributed by atoms with van der Waals surface area (Å²) in [6, 6.07) is 11.4. The van der Waals surface area contributed by atoms with E-state index >= 15 is 0 Å². The molecule has 2 heterocycles. The van der Waals surface area contributed by atoms with Crippen molar-refractivity contribution in [3.05, 3.63) is 63.0 Å². The largest absolute Gasteiger partial charge is 0.388 e. The molecule has 2 aromatic heterocycles. The minimum atomic E-state index is -0.0886. The van der Waals surface area contributed by atoms with Crippen molar-refractivity contribution in [1.29, 1.82) is 5.41 Å². The molecule has 0 unspecified atom stereocenters. The molecule has 1 aromatic carbocycles. The number of rotatable bonds is 5. The molecule has 0 aliphatic heterocycles. The van der Waals surface area contributed by atoms with Crippen molar-refractivity contribution in [2.75, 3.05) is 0 Å². The molecular weight excluding hydrogens is 348 g/mol. The van der Waals surface area contributed by atoms with Gasteiger partial charge in [0.2, 0.25) is 0 Å². The van der Waals surface area contributed by atoms with Crippen molar-refractivity contribution < 1.29 is 0 Å². The van der Waals surface area contributed by atoms with Gasteiger partial charge in [0.25, 0.3) is 5.56 Å². The minimum absolute atomic E-state index is 0.0617. The lowest BCUT2D eigenvalue weighted by atomic mass is 9.94. The number of aryl methyl sites for hydroxylation is 2. The SMILES string of the molecule is CCn1c(=O)c(CCC(=N)N)c(-c2cccc(Cl)c2)c2ccc(C)nc21. The Balaban J connectivity index is 2.43. The van der Waals surface area contributed by atoms with Crippen LogP contribution in [0.15, 0.2) is 41.2 Å². The third-order valence-corrected chi connectivity index (χ3v) is 4.65. The van der Waals surface area contributed by atoms with Crippen molar-refractivity contribution in [2.45, 2.75) is 33.2 Å². The molecule has 26 heavy (non-hydrogen) atoms. The second-order valence-corrected chi connectivity index (χ2v) is 6.70. The number of nitrogens with zero attached hydrogens (tertiary/aromatic N) is 2. The maximum absolute atomic E-state index is 13.2. The zero-order valence-corrected chi connectivity index (χ0v) is 15.6. The van der Waals surface area contributed by atoms with Crippen molar-refractivity contribution in [1.82, 2.24) is 9.55 Å². The van der Waals surface area contributed by atoms with Gasteiger partial charge in [0.1, 0.15) is 5.65 Å². The van der Waals surface area contributed by atoms with E-state index in [9.17, 15) is 4.79 Å². The Morgan fingerprint density at radius 3 is 2.73 bits per heavy atom. The smallest absolute Gasteiger partial charge is 0.256 e. The number of benzene rings is 1. The van der Waals surface area contributed by atoms with E-state index in [2.05, 4.69) is 4.98 Å². The van der Waals surface area contributed by atoms with Gasteiger partial charge in [-0.3, -0.25) is 14.8 Å². The average molecular weight is 369 g/mol. The molecule has 6 heteroatoms. The molecule has 5 nitrogen and oxygen atoms in total. The number of aromatic nitrogens is 2. The Hall–Kier alpha value is -2.66. The molecule has 0 saturated heterocycles. The summed E-state index contributed by atoms with van der Waals surface area (Å²) in [6.45, 7) is 4.36. The van der Waals surface area contributed by atoms with Crippen LogP contribution < -0.4 is 11.3 Å². The lowest BCUT2D eigenvalue weighted by Crippen LogP contribution is -2.26. The van der Waals surface area contributed by atoms with Gasteiger partial charge in [-0.15, -0.1) is 0 Å².